The van der Waals surface area contributed by atoms with E-state index in [9.17, 15) is 24.6 Å². The van der Waals surface area contributed by atoms with Crippen LogP contribution in [0.4, 0.5) is 0 Å². The Balaban J connectivity index is 2.03. The molecule has 0 aromatic heterocycles. The third kappa shape index (κ3) is 6.85. The Kier molecular flexibility index (Phi) is 9.11. The second-order valence-corrected chi connectivity index (χ2v) is 7.81. The van der Waals surface area contributed by atoms with Gasteiger partial charge >= 0.3 is 11.9 Å². The number of nitrogens with zero attached hydrogens (tertiary/aromatic N) is 1. The molecule has 1 aliphatic carbocycles. The second-order valence-electron chi connectivity index (χ2n) is 7.81. The molecule has 1 fully saturated rings. The third-order valence-electron chi connectivity index (χ3n) is 5.64. The lowest BCUT2D eigenvalue weighted by atomic mass is 10.0. The summed E-state index contributed by atoms with van der Waals surface area (Å²) in [5.41, 5.74) is 0.878. The van der Waals surface area contributed by atoms with Gasteiger partial charge in [-0.15, -0.1) is 0 Å². The number of nitrogens with one attached hydrogen (secondary N) is 1. The molecule has 1 amide bonds. The van der Waals surface area contributed by atoms with Crippen LogP contribution in [-0.4, -0.2) is 71.8 Å². The Morgan fingerprint density at radius 3 is 2.32 bits per heavy atom. The number of ether oxygens (including phenoxy) is 2. The third-order valence-corrected chi connectivity index (χ3v) is 5.64. The summed E-state index contributed by atoms with van der Waals surface area (Å²) in [7, 11) is 3.07. The maximum Gasteiger partial charge on any atom is 0.323 e. The van der Waals surface area contributed by atoms with Gasteiger partial charge in [-0.05, 0) is 50.3 Å². The van der Waals surface area contributed by atoms with Crippen molar-refractivity contribution in [3.8, 4) is 11.5 Å². The van der Waals surface area contributed by atoms with Crippen LogP contribution in [-0.2, 0) is 20.8 Å². The second kappa shape index (κ2) is 11.5. The molecule has 3 N–H and O–H groups in total. The fourth-order valence-corrected chi connectivity index (χ4v) is 4.00. The molecule has 1 aromatic carbocycles. The van der Waals surface area contributed by atoms with Crippen LogP contribution in [0, 0.1) is 0 Å². The number of aryl methyl sites for hydroxylation is 1. The number of amides is 1. The van der Waals surface area contributed by atoms with Crippen molar-refractivity contribution in [1.29, 1.82) is 0 Å². The van der Waals surface area contributed by atoms with E-state index in [0.29, 0.717) is 17.9 Å². The van der Waals surface area contributed by atoms with Crippen LogP contribution in [0.25, 0.3) is 0 Å². The first-order valence-electron chi connectivity index (χ1n) is 10.5. The molecule has 2 atom stereocenters. The molecule has 9 nitrogen and oxygen atoms in total. The number of carboxylic acids is 2. The molecule has 0 aliphatic heterocycles. The highest BCUT2D eigenvalue weighted by Gasteiger charge is 2.32. The minimum atomic E-state index is -1.07. The molecule has 0 spiro atoms. The first-order chi connectivity index (χ1) is 14.8. The number of hydrogen-bond donors (Lipinski definition) is 3. The maximum absolute atomic E-state index is 12.9. The van der Waals surface area contributed by atoms with Crippen LogP contribution in [0.2, 0.25) is 0 Å². The van der Waals surface area contributed by atoms with Gasteiger partial charge in [0.2, 0.25) is 5.91 Å². The molecule has 172 valence electrons. The van der Waals surface area contributed by atoms with Crippen molar-refractivity contribution < 1.29 is 34.1 Å². The van der Waals surface area contributed by atoms with Crippen molar-refractivity contribution in [1.82, 2.24) is 10.2 Å². The molecule has 1 aromatic rings. The van der Waals surface area contributed by atoms with E-state index in [4.69, 9.17) is 9.47 Å². The van der Waals surface area contributed by atoms with Gasteiger partial charge in [-0.3, -0.25) is 19.7 Å². The Morgan fingerprint density at radius 2 is 1.77 bits per heavy atom. The number of carboxylic acid groups (broad SMARTS) is 2. The first-order valence-corrected chi connectivity index (χ1v) is 10.5. The van der Waals surface area contributed by atoms with E-state index in [0.717, 1.165) is 31.2 Å². The van der Waals surface area contributed by atoms with Crippen molar-refractivity contribution in [3.63, 3.8) is 0 Å². The summed E-state index contributed by atoms with van der Waals surface area (Å²) in [5, 5.41) is 21.7. The van der Waals surface area contributed by atoms with Crippen LogP contribution < -0.4 is 14.8 Å². The summed E-state index contributed by atoms with van der Waals surface area (Å²) in [6.07, 6.45) is 4.16. The molecule has 31 heavy (non-hydrogen) atoms. The molecule has 9 heteroatoms. The predicted octanol–water partition coefficient (Wildman–Crippen LogP) is 1.92. The fraction of sp³-hybridized carbons (Fsp3) is 0.591. The maximum atomic E-state index is 12.9. The molecule has 0 saturated heterocycles. The van der Waals surface area contributed by atoms with E-state index in [1.54, 1.807) is 26.2 Å². The van der Waals surface area contributed by atoms with Crippen molar-refractivity contribution in [2.24, 2.45) is 0 Å². The quantitative estimate of drug-likeness (QED) is 0.454. The van der Waals surface area contributed by atoms with Gasteiger partial charge < -0.3 is 24.6 Å². The van der Waals surface area contributed by atoms with Gasteiger partial charge in [-0.1, -0.05) is 18.9 Å². The molecular formula is C22H32N2O7. The van der Waals surface area contributed by atoms with Crippen molar-refractivity contribution in [3.05, 3.63) is 23.8 Å². The lowest BCUT2D eigenvalue weighted by Gasteiger charge is -2.31. The summed E-state index contributed by atoms with van der Waals surface area (Å²) in [6, 6.07) is 3.51. The van der Waals surface area contributed by atoms with E-state index in [-0.39, 0.29) is 24.9 Å². The summed E-state index contributed by atoms with van der Waals surface area (Å²) in [4.78, 5) is 37.3. The van der Waals surface area contributed by atoms with E-state index in [2.05, 4.69) is 5.32 Å². The minimum absolute atomic E-state index is 0.108. The van der Waals surface area contributed by atoms with Crippen molar-refractivity contribution >= 4 is 17.8 Å². The number of aliphatic carboxylic acids is 2. The summed E-state index contributed by atoms with van der Waals surface area (Å²) >= 11 is 0. The minimum Gasteiger partial charge on any atom is -0.493 e. The predicted molar refractivity (Wildman–Crippen MR) is 113 cm³/mol. The van der Waals surface area contributed by atoms with Crippen molar-refractivity contribution in [2.75, 3.05) is 20.8 Å². The van der Waals surface area contributed by atoms with Crippen LogP contribution in [0.15, 0.2) is 18.2 Å². The van der Waals surface area contributed by atoms with Crippen LogP contribution >= 0.6 is 0 Å². The normalized spacial score (nSPS) is 15.8. The summed E-state index contributed by atoms with van der Waals surface area (Å²) in [5.74, 6) is -1.37. The van der Waals surface area contributed by atoms with E-state index in [1.807, 2.05) is 6.07 Å². The highest BCUT2D eigenvalue weighted by Crippen LogP contribution is 2.28. The lowest BCUT2D eigenvalue weighted by molar-refractivity contribution is -0.148. The van der Waals surface area contributed by atoms with Crippen LogP contribution in [0.1, 0.15) is 44.6 Å². The number of carbonyl (C=O) groups excluding carboxylic acids is 1. The Bertz CT molecular complexity index is 777. The SMILES string of the molecule is COc1ccc(CCC(N[C@@H](C)C(=O)N(CC(=O)O)C2CCCC2)C(=O)O)cc1OC. The topological polar surface area (TPSA) is 125 Å². The number of carbonyl (C=O) groups is 3. The summed E-state index contributed by atoms with van der Waals surface area (Å²) in [6.45, 7) is 1.21. The van der Waals surface area contributed by atoms with Gasteiger partial charge in [0.1, 0.15) is 12.6 Å². The van der Waals surface area contributed by atoms with Gasteiger partial charge in [-0.25, -0.2) is 0 Å². The highest BCUT2D eigenvalue weighted by atomic mass is 16.5. The number of benzene rings is 1. The highest BCUT2D eigenvalue weighted by molar-refractivity contribution is 5.86. The zero-order valence-corrected chi connectivity index (χ0v) is 18.3. The Hall–Kier alpha value is -2.81. The number of methoxy groups -OCH3 is 2. The van der Waals surface area contributed by atoms with Crippen LogP contribution in [0.3, 0.4) is 0 Å². The van der Waals surface area contributed by atoms with E-state index < -0.39 is 24.0 Å². The average Bonchev–Trinajstić information content (AvgIpc) is 3.28. The van der Waals surface area contributed by atoms with Gasteiger partial charge in [0, 0.05) is 6.04 Å². The molecule has 0 radical (unpaired) electrons. The number of hydrogen-bond acceptors (Lipinski definition) is 6. The van der Waals surface area contributed by atoms with E-state index in [1.165, 1.54) is 12.0 Å². The lowest BCUT2D eigenvalue weighted by Crippen LogP contribution is -2.54. The fourth-order valence-electron chi connectivity index (χ4n) is 4.00. The van der Waals surface area contributed by atoms with Gasteiger partial charge in [0.25, 0.3) is 0 Å². The Labute approximate surface area is 182 Å². The Morgan fingerprint density at radius 1 is 1.13 bits per heavy atom. The molecule has 1 aliphatic rings. The first kappa shape index (κ1) is 24.5. The standard InChI is InChI=1S/C22H32N2O7/c1-14(21(27)24(13-20(25)26)16-6-4-5-7-16)23-17(22(28)29)10-8-15-9-11-18(30-2)19(12-15)31-3/h9,11-12,14,16-17,23H,4-8,10,13H2,1-3H3,(H,25,26)(H,28,29)/t14-,17?/m0/s1. The molecule has 0 bridgehead atoms. The molecule has 0 heterocycles. The molecule has 2 rings (SSSR count). The van der Waals surface area contributed by atoms with Crippen LogP contribution in [0.5, 0.6) is 11.5 Å². The molecule has 1 saturated carbocycles. The molecule has 1 unspecified atom stereocenters. The smallest absolute Gasteiger partial charge is 0.323 e. The van der Waals surface area contributed by atoms with Gasteiger partial charge in [0.05, 0.1) is 20.3 Å². The largest absolute Gasteiger partial charge is 0.493 e. The average molecular weight is 437 g/mol. The summed E-state index contributed by atoms with van der Waals surface area (Å²) < 4.78 is 10.5. The molecular weight excluding hydrogens is 404 g/mol. The van der Waals surface area contributed by atoms with E-state index >= 15 is 0 Å². The zero-order valence-electron chi connectivity index (χ0n) is 18.3. The van der Waals surface area contributed by atoms with Crippen molar-refractivity contribution in [2.45, 2.75) is 63.6 Å². The zero-order chi connectivity index (χ0) is 23.0. The van der Waals surface area contributed by atoms with Gasteiger partial charge in [0.15, 0.2) is 11.5 Å². The number of rotatable bonds is 12. The monoisotopic (exact) mass is 436 g/mol. The van der Waals surface area contributed by atoms with Gasteiger partial charge in [-0.2, -0.15) is 0 Å².